The number of hydrogen-bond acceptors (Lipinski definition) is 0. The first-order chi connectivity index (χ1) is 43.8. The third-order valence-corrected chi connectivity index (χ3v) is 21.7. The van der Waals surface area contributed by atoms with Crippen LogP contribution < -0.4 is 0 Å². The Morgan fingerprint density at radius 2 is 0.144 bits per heavy atom. The summed E-state index contributed by atoms with van der Waals surface area (Å²) >= 11 is 0. The van der Waals surface area contributed by atoms with Crippen molar-refractivity contribution in [3.05, 3.63) is 111 Å². The van der Waals surface area contributed by atoms with Crippen LogP contribution in [0, 0.1) is 0 Å². The van der Waals surface area contributed by atoms with Gasteiger partial charge in [-0.15, -0.1) is 0 Å². The Balaban J connectivity index is 1.28. The summed E-state index contributed by atoms with van der Waals surface area (Å²) < 4.78 is 0. The maximum atomic E-state index is 4.28. The van der Waals surface area contributed by atoms with Gasteiger partial charge < -0.3 is 49.8 Å². The first-order valence-corrected chi connectivity index (χ1v) is 36.2. The zero-order valence-electron chi connectivity index (χ0n) is 59.1. The minimum Gasteiger partial charge on any atom is -0.352 e. The second-order valence-electron chi connectivity index (χ2n) is 25.4. The fourth-order valence-corrected chi connectivity index (χ4v) is 17.8. The van der Waals surface area contributed by atoms with Crippen molar-refractivity contribution < 1.29 is 0 Å². The molecule has 0 saturated carbocycles. The van der Waals surface area contributed by atoms with E-state index >= 15 is 0 Å². The highest BCUT2D eigenvalue weighted by molar-refractivity contribution is 5.89. The van der Waals surface area contributed by atoms with Crippen LogP contribution in [0.3, 0.4) is 0 Å². The highest BCUT2D eigenvalue weighted by Crippen LogP contribution is 2.50. The lowest BCUT2D eigenvalue weighted by molar-refractivity contribution is 1.04. The van der Waals surface area contributed by atoms with E-state index in [1.165, 1.54) is 225 Å². The summed E-state index contributed by atoms with van der Waals surface area (Å²) in [7, 11) is 0. The first kappa shape index (κ1) is 64.3. The molecule has 1 aliphatic heterocycles. The van der Waals surface area contributed by atoms with E-state index in [1.807, 2.05) is 0 Å². The molecule has 0 atom stereocenters. The number of fused-ring (bicyclic) bond motifs is 30. The van der Waals surface area contributed by atoms with E-state index in [9.17, 15) is 0 Å². The number of rotatable bonds is 20. The quantitative estimate of drug-likeness (QED) is 0.0353. The zero-order valence-corrected chi connectivity index (χ0v) is 59.1. The molecule has 0 aliphatic carbocycles. The van der Waals surface area contributed by atoms with Gasteiger partial charge in [0.05, 0.1) is 114 Å². The molecular formula is C80H110N10. The molecule has 11 heterocycles. The van der Waals surface area contributed by atoms with Crippen LogP contribution >= 0.6 is 0 Å². The van der Waals surface area contributed by atoms with Crippen molar-refractivity contribution in [2.24, 2.45) is 0 Å². The van der Waals surface area contributed by atoms with Gasteiger partial charge in [0, 0.05) is 0 Å². The van der Waals surface area contributed by atoms with Crippen molar-refractivity contribution in [2.75, 3.05) is 0 Å². The summed E-state index contributed by atoms with van der Waals surface area (Å²) in [6.07, 6.45) is 18.6. The Morgan fingerprint density at radius 3 is 0.178 bits per heavy atom. The summed E-state index contributed by atoms with van der Waals surface area (Å²) in [5.74, 6) is 0. The largest absolute Gasteiger partial charge is 0.352 e. The number of H-pyrrole nitrogens is 10. The van der Waals surface area contributed by atoms with Gasteiger partial charge in [-0.2, -0.15) is 0 Å². The molecule has 0 radical (unpaired) electrons. The second kappa shape index (κ2) is 26.2. The van der Waals surface area contributed by atoms with Gasteiger partial charge in [-0.05, 0) is 240 Å². The predicted octanol–water partition coefficient (Wildman–Crippen LogP) is 21.2. The number of nitrogens with one attached hydrogen (secondary N) is 10. The lowest BCUT2D eigenvalue weighted by Gasteiger charge is -2.07. The average Bonchev–Trinajstić information content (AvgIpc) is 1.61. The normalized spacial score (nSPS) is 12.2. The van der Waals surface area contributed by atoms with Gasteiger partial charge in [0.15, 0.2) is 0 Å². The monoisotopic (exact) mass is 1210 g/mol. The molecular weight excluding hydrogens is 1100 g/mol. The maximum absolute atomic E-state index is 4.28. The molecule has 0 aromatic carbocycles. The fraction of sp³-hybridized carbons (Fsp3) is 0.500. The van der Waals surface area contributed by atoms with Crippen molar-refractivity contribution in [2.45, 2.75) is 267 Å². The van der Waals surface area contributed by atoms with E-state index in [0.717, 1.165) is 128 Å². The SMILES string of the molecule is CCc1c2[nH]c(c1CC)-c1[nH]c(c(CC)c1CC)-c1[nH]c(c(CC)c1CC)-c1[nH]c(c(CC)c1CC)-c1[nH]c(c(CC)c1CC)-c1[nH]c(c(CC)c1CC)-c1[nH]c(c(CC)c1CC)-c1[nH]c(c(CC)c1CC)-c1[nH]c(c(CC)c1CC)-c1[nH]c-2c(CC)c1CC. The van der Waals surface area contributed by atoms with E-state index in [2.05, 4.69) is 188 Å². The van der Waals surface area contributed by atoms with E-state index < -0.39 is 0 Å². The summed E-state index contributed by atoms with van der Waals surface area (Å²) in [4.78, 5) is 42.8. The van der Waals surface area contributed by atoms with Crippen LogP contribution in [0.1, 0.15) is 250 Å². The molecule has 10 nitrogen and oxygen atoms in total. The lowest BCUT2D eigenvalue weighted by Crippen LogP contribution is -1.94. The van der Waals surface area contributed by atoms with Crippen molar-refractivity contribution >= 4 is 0 Å². The van der Waals surface area contributed by atoms with Gasteiger partial charge in [0.25, 0.3) is 0 Å². The number of hydrogen-bond donors (Lipinski definition) is 10. The minimum atomic E-state index is 0.930. The third-order valence-electron chi connectivity index (χ3n) is 21.7. The molecule has 1 aliphatic rings. The Labute approximate surface area is 539 Å². The Hall–Kier alpha value is -7.20. The summed E-state index contributed by atoms with van der Waals surface area (Å²) in [5.41, 5.74) is 53.0. The standard InChI is InChI=1S/C80H110N10/c1-21-41-42(22-2)62-64-45(25-5)46(26-6)67(83-64)68-49(29-9)50(30-10)71(85-68)72-53(33-13)54(34-14)75(87-72)76-57(37-17)58(38-18)79(89-76)80-60(40-20)59(39-19)78(90-80)77-56(36-16)55(35-15)74(88-77)73-52(32-12)51(31-11)70(86-73)69-48(28-8)47(27-7)66(84-69)65-44(24-4)43(23-3)63(82-65)61(41)81-62/h81-90H,21-40H2,1-20H3. The molecule has 10 aromatic rings. The average molecular weight is 1210 g/mol. The molecule has 480 valence electrons. The first-order valence-electron chi connectivity index (χ1n) is 36.2. The van der Waals surface area contributed by atoms with E-state index in [4.69, 9.17) is 0 Å². The molecule has 90 heavy (non-hydrogen) atoms. The third kappa shape index (κ3) is 9.49. The molecule has 20 bridgehead atoms. The minimum absolute atomic E-state index is 0.930. The maximum Gasteiger partial charge on any atom is 0.0663 e. The molecule has 10 N–H and O–H groups in total. The van der Waals surface area contributed by atoms with Gasteiger partial charge in [0.2, 0.25) is 0 Å². The molecule has 0 unspecified atom stereocenters. The van der Waals surface area contributed by atoms with Crippen LogP contribution in [-0.4, -0.2) is 49.8 Å². The molecule has 0 saturated heterocycles. The van der Waals surface area contributed by atoms with Crippen LogP contribution in [-0.2, 0) is 128 Å². The molecule has 10 heteroatoms. The van der Waals surface area contributed by atoms with Crippen molar-refractivity contribution in [3.63, 3.8) is 0 Å². The van der Waals surface area contributed by atoms with Gasteiger partial charge in [-0.25, -0.2) is 0 Å². The Bertz CT molecular complexity index is 3110. The topological polar surface area (TPSA) is 158 Å². The van der Waals surface area contributed by atoms with Crippen LogP contribution in [0.5, 0.6) is 0 Å². The zero-order chi connectivity index (χ0) is 64.3. The Kier molecular flexibility index (Phi) is 18.7. The van der Waals surface area contributed by atoms with Gasteiger partial charge in [-0.1, -0.05) is 138 Å². The number of aromatic amines is 10. The molecule has 11 rings (SSSR count). The molecule has 10 aromatic heterocycles. The second-order valence-corrected chi connectivity index (χ2v) is 25.4. The number of aromatic nitrogens is 10. The van der Waals surface area contributed by atoms with Gasteiger partial charge in [-0.3, -0.25) is 0 Å². The van der Waals surface area contributed by atoms with Gasteiger partial charge in [0.1, 0.15) is 0 Å². The van der Waals surface area contributed by atoms with E-state index in [0.29, 0.717) is 0 Å². The van der Waals surface area contributed by atoms with E-state index in [-0.39, 0.29) is 0 Å². The van der Waals surface area contributed by atoms with Crippen molar-refractivity contribution in [1.82, 2.24) is 49.8 Å². The smallest absolute Gasteiger partial charge is 0.0663 e. The summed E-state index contributed by atoms with van der Waals surface area (Å²) in [5, 5.41) is 0. The van der Waals surface area contributed by atoms with Crippen LogP contribution in [0.25, 0.3) is 114 Å². The fourth-order valence-electron chi connectivity index (χ4n) is 17.8. The summed E-state index contributed by atoms with van der Waals surface area (Å²) in [6, 6.07) is 0. The van der Waals surface area contributed by atoms with Crippen LogP contribution in [0.4, 0.5) is 0 Å². The van der Waals surface area contributed by atoms with Gasteiger partial charge >= 0.3 is 0 Å². The molecule has 0 spiro atoms. The van der Waals surface area contributed by atoms with Crippen molar-refractivity contribution in [1.29, 1.82) is 0 Å². The Morgan fingerprint density at radius 1 is 0.100 bits per heavy atom. The highest BCUT2D eigenvalue weighted by Gasteiger charge is 2.35. The highest BCUT2D eigenvalue weighted by atomic mass is 14.9. The van der Waals surface area contributed by atoms with Crippen LogP contribution in [0.2, 0.25) is 0 Å². The molecule has 0 fully saturated rings. The van der Waals surface area contributed by atoms with Crippen LogP contribution in [0.15, 0.2) is 0 Å². The van der Waals surface area contributed by atoms with E-state index in [1.54, 1.807) is 0 Å². The van der Waals surface area contributed by atoms with Crippen molar-refractivity contribution in [3.8, 4) is 114 Å². The summed E-state index contributed by atoms with van der Waals surface area (Å²) in [6.45, 7) is 47.2. The molecule has 0 amide bonds. The predicted molar refractivity (Wildman–Crippen MR) is 385 cm³/mol. The lowest BCUT2D eigenvalue weighted by atomic mass is 9.94.